The summed E-state index contributed by atoms with van der Waals surface area (Å²) in [7, 11) is 0. The topological polar surface area (TPSA) is 119 Å². The SMILES string of the molecule is CCOC(=O)NNc1cc(C)c(-c2cccc([N+](=O)[O-])c2)nn1. The summed E-state index contributed by atoms with van der Waals surface area (Å²) in [6, 6.07) is 7.80. The lowest BCUT2D eigenvalue weighted by Crippen LogP contribution is -2.30. The lowest BCUT2D eigenvalue weighted by molar-refractivity contribution is -0.384. The number of ether oxygens (including phenoxy) is 1. The third-order valence-electron chi connectivity index (χ3n) is 2.88. The van der Waals surface area contributed by atoms with Crippen LogP contribution >= 0.6 is 0 Å². The van der Waals surface area contributed by atoms with E-state index < -0.39 is 11.0 Å². The van der Waals surface area contributed by atoms with Gasteiger partial charge in [-0.15, -0.1) is 10.2 Å². The van der Waals surface area contributed by atoms with Gasteiger partial charge < -0.3 is 4.74 Å². The van der Waals surface area contributed by atoms with Gasteiger partial charge in [0.25, 0.3) is 5.69 Å². The van der Waals surface area contributed by atoms with Crippen LogP contribution in [0.1, 0.15) is 12.5 Å². The first kappa shape index (κ1) is 16.1. The highest BCUT2D eigenvalue weighted by molar-refractivity contribution is 5.69. The number of non-ortho nitro benzene ring substituents is 1. The smallest absolute Gasteiger partial charge is 0.425 e. The highest BCUT2D eigenvalue weighted by atomic mass is 16.6. The molecule has 120 valence electrons. The van der Waals surface area contributed by atoms with Crippen molar-refractivity contribution in [3.05, 3.63) is 46.0 Å². The molecule has 0 aliphatic carbocycles. The molecule has 2 N–H and O–H groups in total. The van der Waals surface area contributed by atoms with E-state index in [0.717, 1.165) is 5.56 Å². The summed E-state index contributed by atoms with van der Waals surface area (Å²) >= 11 is 0. The number of aryl methyl sites for hydroxylation is 1. The number of aromatic nitrogens is 2. The molecule has 2 rings (SSSR count). The fourth-order valence-corrected chi connectivity index (χ4v) is 1.88. The number of rotatable bonds is 5. The minimum absolute atomic E-state index is 0.0186. The first-order valence-electron chi connectivity index (χ1n) is 6.79. The number of nitro benzene ring substituents is 1. The summed E-state index contributed by atoms with van der Waals surface area (Å²) in [5.74, 6) is 0.324. The normalized spacial score (nSPS) is 10.0. The molecule has 0 bridgehead atoms. The van der Waals surface area contributed by atoms with Crippen molar-refractivity contribution in [3.63, 3.8) is 0 Å². The number of amides is 1. The zero-order valence-corrected chi connectivity index (χ0v) is 12.6. The van der Waals surface area contributed by atoms with Crippen molar-refractivity contribution in [2.45, 2.75) is 13.8 Å². The Balaban J connectivity index is 2.18. The van der Waals surface area contributed by atoms with E-state index in [4.69, 9.17) is 4.74 Å². The largest absolute Gasteiger partial charge is 0.449 e. The molecule has 0 fully saturated rings. The van der Waals surface area contributed by atoms with Gasteiger partial charge in [0, 0.05) is 17.7 Å². The van der Waals surface area contributed by atoms with Gasteiger partial charge in [0.2, 0.25) is 0 Å². The average molecular weight is 317 g/mol. The number of nitrogens with one attached hydrogen (secondary N) is 2. The number of hydrogen-bond donors (Lipinski definition) is 2. The van der Waals surface area contributed by atoms with Crippen molar-refractivity contribution < 1.29 is 14.5 Å². The zero-order valence-electron chi connectivity index (χ0n) is 12.6. The molecule has 0 unspecified atom stereocenters. The quantitative estimate of drug-likeness (QED) is 0.642. The molecular weight excluding hydrogens is 302 g/mol. The maximum absolute atomic E-state index is 11.2. The van der Waals surface area contributed by atoms with Crippen molar-refractivity contribution in [2.24, 2.45) is 0 Å². The van der Waals surface area contributed by atoms with Gasteiger partial charge in [0.15, 0.2) is 5.82 Å². The monoisotopic (exact) mass is 317 g/mol. The Morgan fingerprint density at radius 1 is 1.35 bits per heavy atom. The molecule has 0 radical (unpaired) electrons. The molecule has 1 heterocycles. The molecule has 1 amide bonds. The van der Waals surface area contributed by atoms with Crippen LogP contribution in [-0.2, 0) is 4.74 Å². The van der Waals surface area contributed by atoms with Gasteiger partial charge in [-0.25, -0.2) is 10.2 Å². The van der Waals surface area contributed by atoms with Gasteiger partial charge >= 0.3 is 6.09 Å². The molecule has 1 aromatic heterocycles. The lowest BCUT2D eigenvalue weighted by atomic mass is 10.1. The van der Waals surface area contributed by atoms with E-state index in [0.29, 0.717) is 17.1 Å². The van der Waals surface area contributed by atoms with E-state index in [-0.39, 0.29) is 12.3 Å². The van der Waals surface area contributed by atoms with Crippen LogP contribution in [0.2, 0.25) is 0 Å². The van der Waals surface area contributed by atoms with Gasteiger partial charge in [0.1, 0.15) is 0 Å². The minimum Gasteiger partial charge on any atom is -0.449 e. The number of nitrogens with zero attached hydrogens (tertiary/aromatic N) is 3. The van der Waals surface area contributed by atoms with Gasteiger partial charge in [-0.2, -0.15) is 0 Å². The Hall–Kier alpha value is -3.23. The number of carbonyl (C=O) groups is 1. The maximum atomic E-state index is 11.2. The van der Waals surface area contributed by atoms with E-state index in [1.807, 2.05) is 0 Å². The van der Waals surface area contributed by atoms with E-state index >= 15 is 0 Å². The number of nitro groups is 1. The third-order valence-corrected chi connectivity index (χ3v) is 2.88. The summed E-state index contributed by atoms with van der Waals surface area (Å²) in [4.78, 5) is 21.5. The van der Waals surface area contributed by atoms with Crippen molar-refractivity contribution >= 4 is 17.6 Å². The summed E-state index contributed by atoms with van der Waals surface area (Å²) in [6.07, 6.45) is -0.630. The van der Waals surface area contributed by atoms with Crippen LogP contribution in [0.15, 0.2) is 30.3 Å². The van der Waals surface area contributed by atoms with E-state index in [2.05, 4.69) is 21.0 Å². The highest BCUT2D eigenvalue weighted by Gasteiger charge is 2.11. The Bertz CT molecular complexity index is 735. The molecule has 0 atom stereocenters. The molecule has 23 heavy (non-hydrogen) atoms. The molecule has 0 aliphatic heterocycles. The van der Waals surface area contributed by atoms with Crippen LogP contribution in [-0.4, -0.2) is 27.8 Å². The summed E-state index contributed by atoms with van der Waals surface area (Å²) < 4.78 is 4.70. The number of carbonyl (C=O) groups excluding carboxylic acids is 1. The summed E-state index contributed by atoms with van der Waals surface area (Å²) in [5, 5.41) is 18.8. The van der Waals surface area contributed by atoms with Gasteiger partial charge in [0.05, 0.1) is 17.2 Å². The Morgan fingerprint density at radius 3 is 2.78 bits per heavy atom. The fourth-order valence-electron chi connectivity index (χ4n) is 1.88. The number of hydrogen-bond acceptors (Lipinski definition) is 7. The maximum Gasteiger partial charge on any atom is 0.425 e. The first-order chi connectivity index (χ1) is 11.0. The van der Waals surface area contributed by atoms with Crippen molar-refractivity contribution in [1.82, 2.24) is 15.6 Å². The van der Waals surface area contributed by atoms with Crippen LogP contribution in [0, 0.1) is 17.0 Å². The number of anilines is 1. The van der Waals surface area contributed by atoms with E-state index in [1.165, 1.54) is 12.1 Å². The second-order valence-electron chi connectivity index (χ2n) is 4.54. The molecular formula is C14H15N5O4. The van der Waals surface area contributed by atoms with Crippen LogP contribution < -0.4 is 10.9 Å². The molecule has 9 heteroatoms. The zero-order chi connectivity index (χ0) is 16.8. The van der Waals surface area contributed by atoms with Gasteiger partial charge in [-0.05, 0) is 25.5 Å². The predicted molar refractivity (Wildman–Crippen MR) is 82.6 cm³/mol. The Morgan fingerprint density at radius 2 is 2.13 bits per heavy atom. The lowest BCUT2D eigenvalue weighted by Gasteiger charge is -2.09. The average Bonchev–Trinajstić information content (AvgIpc) is 2.53. The molecule has 0 spiro atoms. The van der Waals surface area contributed by atoms with E-state index in [9.17, 15) is 14.9 Å². The molecule has 0 saturated carbocycles. The summed E-state index contributed by atoms with van der Waals surface area (Å²) in [5.41, 5.74) is 6.72. The van der Waals surface area contributed by atoms with Crippen molar-refractivity contribution in [2.75, 3.05) is 12.0 Å². The van der Waals surface area contributed by atoms with Crippen LogP contribution in [0.4, 0.5) is 16.3 Å². The second kappa shape index (κ2) is 7.16. The number of hydrazine groups is 1. The minimum atomic E-state index is -0.630. The second-order valence-corrected chi connectivity index (χ2v) is 4.54. The Labute approximate surface area is 131 Å². The Kier molecular flexibility index (Phi) is 5.03. The van der Waals surface area contributed by atoms with Crippen molar-refractivity contribution in [3.8, 4) is 11.3 Å². The molecule has 0 aliphatic rings. The molecule has 2 aromatic rings. The van der Waals surface area contributed by atoms with Crippen LogP contribution in [0.5, 0.6) is 0 Å². The first-order valence-corrected chi connectivity index (χ1v) is 6.79. The standard InChI is InChI=1S/C14H15N5O4/c1-3-23-14(20)18-16-12-7-9(2)13(17-15-12)10-5-4-6-11(8-10)19(21)22/h4-8H,3H2,1-2H3,(H,15,16)(H,18,20). The third kappa shape index (κ3) is 4.13. The highest BCUT2D eigenvalue weighted by Crippen LogP contribution is 2.25. The number of benzene rings is 1. The summed E-state index contributed by atoms with van der Waals surface area (Å²) in [6.45, 7) is 3.74. The van der Waals surface area contributed by atoms with E-state index in [1.54, 1.807) is 32.0 Å². The van der Waals surface area contributed by atoms with Gasteiger partial charge in [-0.3, -0.25) is 15.5 Å². The molecule has 9 nitrogen and oxygen atoms in total. The van der Waals surface area contributed by atoms with Crippen LogP contribution in [0.3, 0.4) is 0 Å². The fraction of sp³-hybridized carbons (Fsp3) is 0.214. The van der Waals surface area contributed by atoms with Gasteiger partial charge in [-0.1, -0.05) is 12.1 Å². The van der Waals surface area contributed by atoms with Crippen molar-refractivity contribution in [1.29, 1.82) is 0 Å². The van der Waals surface area contributed by atoms with Crippen LogP contribution in [0.25, 0.3) is 11.3 Å². The molecule has 1 aromatic carbocycles. The molecule has 0 saturated heterocycles. The predicted octanol–water partition coefficient (Wildman–Crippen LogP) is 2.43.